The zero-order chi connectivity index (χ0) is 18.7. The van der Waals surface area contributed by atoms with E-state index in [0.29, 0.717) is 34.7 Å². The van der Waals surface area contributed by atoms with Gasteiger partial charge in [0.05, 0.1) is 5.52 Å². The molecule has 136 valence electrons. The Kier molecular flexibility index (Phi) is 5.58. The lowest BCUT2D eigenvalue weighted by Gasteiger charge is -2.12. The predicted molar refractivity (Wildman–Crippen MR) is 104 cm³/mol. The number of hydrogen-bond donors (Lipinski definition) is 1. The second kappa shape index (κ2) is 7.88. The highest BCUT2D eigenvalue weighted by atomic mass is 35.5. The topological polar surface area (TPSA) is 73.1 Å². The molecule has 0 aliphatic rings. The summed E-state index contributed by atoms with van der Waals surface area (Å²) in [6.07, 6.45) is 0.661. The van der Waals surface area contributed by atoms with Crippen LogP contribution in [0.1, 0.15) is 18.9 Å². The molecule has 1 N–H and O–H groups in total. The van der Waals surface area contributed by atoms with E-state index in [0.717, 1.165) is 5.56 Å². The molecule has 0 aliphatic heterocycles. The monoisotopic (exact) mass is 391 g/mol. The standard InChI is InChI=1S/C18H18ClN3O3S/c1-2-8-21-17(24)16-14(7-9-26-16)22(18(21)25)11-15(23)20-10-12-3-5-13(19)6-4-12/h3-7,9H,2,8,10-11H2,1H3,(H,20,23). The summed E-state index contributed by atoms with van der Waals surface area (Å²) in [5, 5.41) is 5.17. The molecule has 0 spiro atoms. The van der Waals surface area contributed by atoms with Crippen molar-refractivity contribution >= 4 is 39.1 Å². The van der Waals surface area contributed by atoms with Crippen LogP contribution >= 0.6 is 22.9 Å². The number of nitrogens with one attached hydrogen (secondary N) is 1. The zero-order valence-electron chi connectivity index (χ0n) is 14.2. The number of thiophene rings is 1. The van der Waals surface area contributed by atoms with Gasteiger partial charge >= 0.3 is 5.69 Å². The van der Waals surface area contributed by atoms with Crippen LogP contribution in [-0.4, -0.2) is 15.0 Å². The number of carbonyl (C=O) groups is 1. The van der Waals surface area contributed by atoms with Crippen LogP contribution in [0.25, 0.3) is 10.2 Å². The van der Waals surface area contributed by atoms with Crippen molar-refractivity contribution in [2.75, 3.05) is 0 Å². The lowest BCUT2D eigenvalue weighted by Crippen LogP contribution is -2.42. The average molecular weight is 392 g/mol. The van der Waals surface area contributed by atoms with E-state index in [2.05, 4.69) is 5.32 Å². The van der Waals surface area contributed by atoms with Crippen molar-refractivity contribution in [2.45, 2.75) is 33.0 Å². The van der Waals surface area contributed by atoms with Gasteiger partial charge in [0.1, 0.15) is 11.2 Å². The molecule has 8 heteroatoms. The van der Waals surface area contributed by atoms with E-state index in [1.54, 1.807) is 23.6 Å². The van der Waals surface area contributed by atoms with Crippen LogP contribution < -0.4 is 16.6 Å². The summed E-state index contributed by atoms with van der Waals surface area (Å²) in [5.41, 5.74) is 0.662. The smallest absolute Gasteiger partial charge is 0.332 e. The summed E-state index contributed by atoms with van der Waals surface area (Å²) < 4.78 is 3.05. The van der Waals surface area contributed by atoms with Crippen molar-refractivity contribution in [1.82, 2.24) is 14.5 Å². The minimum absolute atomic E-state index is 0.135. The molecule has 1 aromatic carbocycles. The molecule has 0 unspecified atom stereocenters. The molecule has 0 saturated heterocycles. The summed E-state index contributed by atoms with van der Waals surface area (Å²) in [6, 6.07) is 8.86. The van der Waals surface area contributed by atoms with Gasteiger partial charge in [-0.2, -0.15) is 0 Å². The number of halogens is 1. The largest absolute Gasteiger partial charge is 0.350 e. The quantitative estimate of drug-likeness (QED) is 0.702. The number of amides is 1. The van der Waals surface area contributed by atoms with Gasteiger partial charge in [-0.05, 0) is 35.6 Å². The highest BCUT2D eigenvalue weighted by Gasteiger charge is 2.15. The van der Waals surface area contributed by atoms with Crippen molar-refractivity contribution in [2.24, 2.45) is 0 Å². The molecule has 0 atom stereocenters. The van der Waals surface area contributed by atoms with E-state index >= 15 is 0 Å². The molecule has 0 bridgehead atoms. The Bertz CT molecular complexity index is 1050. The Morgan fingerprint density at radius 2 is 1.88 bits per heavy atom. The van der Waals surface area contributed by atoms with E-state index in [-0.39, 0.29) is 18.0 Å². The highest BCUT2D eigenvalue weighted by molar-refractivity contribution is 7.17. The lowest BCUT2D eigenvalue weighted by atomic mass is 10.2. The van der Waals surface area contributed by atoms with Crippen LogP contribution in [0.15, 0.2) is 45.3 Å². The zero-order valence-corrected chi connectivity index (χ0v) is 15.8. The third-order valence-corrected chi connectivity index (χ3v) is 5.13. The van der Waals surface area contributed by atoms with E-state index in [1.165, 1.54) is 20.5 Å². The Hall–Kier alpha value is -2.38. The van der Waals surface area contributed by atoms with Crippen molar-refractivity contribution < 1.29 is 4.79 Å². The summed E-state index contributed by atoms with van der Waals surface area (Å²) in [4.78, 5) is 37.4. The van der Waals surface area contributed by atoms with Gasteiger partial charge in [-0.1, -0.05) is 30.7 Å². The molecule has 0 aliphatic carbocycles. The number of benzene rings is 1. The Balaban J connectivity index is 1.84. The number of carbonyl (C=O) groups excluding carboxylic acids is 1. The van der Waals surface area contributed by atoms with Crippen molar-refractivity contribution in [3.63, 3.8) is 0 Å². The fourth-order valence-corrected chi connectivity index (χ4v) is 3.68. The molecule has 26 heavy (non-hydrogen) atoms. The number of fused-ring (bicyclic) bond motifs is 1. The molecular formula is C18H18ClN3O3S. The van der Waals surface area contributed by atoms with Crippen LogP contribution in [0.2, 0.25) is 5.02 Å². The normalized spacial score (nSPS) is 11.0. The third kappa shape index (κ3) is 3.73. The molecule has 1 amide bonds. The molecular weight excluding hydrogens is 374 g/mol. The highest BCUT2D eigenvalue weighted by Crippen LogP contribution is 2.15. The second-order valence-corrected chi connectivity index (χ2v) is 7.22. The second-order valence-electron chi connectivity index (χ2n) is 5.86. The Labute approximate surface area is 158 Å². The summed E-state index contributed by atoms with van der Waals surface area (Å²) in [6.45, 7) is 2.43. The first-order valence-corrected chi connectivity index (χ1v) is 9.49. The first-order chi connectivity index (χ1) is 12.5. The third-order valence-electron chi connectivity index (χ3n) is 3.99. The summed E-state index contributed by atoms with van der Waals surface area (Å²) >= 11 is 7.12. The molecule has 2 aromatic heterocycles. The van der Waals surface area contributed by atoms with Crippen LogP contribution in [0.3, 0.4) is 0 Å². The number of nitrogens with zero attached hydrogens (tertiary/aromatic N) is 2. The van der Waals surface area contributed by atoms with Gasteiger partial charge in [-0.15, -0.1) is 11.3 Å². The van der Waals surface area contributed by atoms with Crippen molar-refractivity contribution in [1.29, 1.82) is 0 Å². The van der Waals surface area contributed by atoms with Crippen LogP contribution in [-0.2, 0) is 24.4 Å². The van der Waals surface area contributed by atoms with Crippen molar-refractivity contribution in [3.05, 3.63) is 67.1 Å². The molecule has 3 rings (SSSR count). The first-order valence-electron chi connectivity index (χ1n) is 8.23. The minimum Gasteiger partial charge on any atom is -0.350 e. The van der Waals surface area contributed by atoms with Gasteiger partial charge in [0.15, 0.2) is 0 Å². The Morgan fingerprint density at radius 1 is 1.15 bits per heavy atom. The van der Waals surface area contributed by atoms with E-state index in [9.17, 15) is 14.4 Å². The van der Waals surface area contributed by atoms with Gasteiger partial charge in [0, 0.05) is 18.1 Å². The van der Waals surface area contributed by atoms with E-state index < -0.39 is 5.69 Å². The Morgan fingerprint density at radius 3 is 2.58 bits per heavy atom. The van der Waals surface area contributed by atoms with Gasteiger partial charge in [0.2, 0.25) is 5.91 Å². The maximum absolute atomic E-state index is 12.7. The first kappa shape index (κ1) is 18.4. The summed E-state index contributed by atoms with van der Waals surface area (Å²) in [7, 11) is 0. The van der Waals surface area contributed by atoms with Gasteiger partial charge in [-0.25, -0.2) is 4.79 Å². The maximum Gasteiger partial charge on any atom is 0.332 e. The molecule has 2 heterocycles. The van der Waals surface area contributed by atoms with Gasteiger partial charge in [-0.3, -0.25) is 18.7 Å². The molecule has 0 saturated carbocycles. The number of aromatic nitrogens is 2. The molecule has 0 fully saturated rings. The van der Waals surface area contributed by atoms with E-state index in [4.69, 9.17) is 11.6 Å². The fraction of sp³-hybridized carbons (Fsp3) is 0.278. The van der Waals surface area contributed by atoms with Gasteiger partial charge < -0.3 is 5.32 Å². The van der Waals surface area contributed by atoms with Crippen LogP contribution in [0, 0.1) is 0 Å². The van der Waals surface area contributed by atoms with Gasteiger partial charge in [0.25, 0.3) is 5.56 Å². The maximum atomic E-state index is 12.7. The van der Waals surface area contributed by atoms with Crippen molar-refractivity contribution in [3.8, 4) is 0 Å². The number of rotatable bonds is 6. The van der Waals surface area contributed by atoms with Crippen LogP contribution in [0.4, 0.5) is 0 Å². The SMILES string of the molecule is CCCn1c(=O)c2sccc2n(CC(=O)NCc2ccc(Cl)cc2)c1=O. The molecule has 6 nitrogen and oxygen atoms in total. The average Bonchev–Trinajstić information content (AvgIpc) is 3.11. The minimum atomic E-state index is -0.454. The molecule has 3 aromatic rings. The lowest BCUT2D eigenvalue weighted by molar-refractivity contribution is -0.121. The van der Waals surface area contributed by atoms with E-state index in [1.807, 2.05) is 19.1 Å². The van der Waals surface area contributed by atoms with Crippen LogP contribution in [0.5, 0.6) is 0 Å². The summed E-state index contributed by atoms with van der Waals surface area (Å²) in [5.74, 6) is -0.295. The molecule has 0 radical (unpaired) electrons. The number of hydrogen-bond acceptors (Lipinski definition) is 4. The fourth-order valence-electron chi connectivity index (χ4n) is 2.71. The predicted octanol–water partition coefficient (Wildman–Crippen LogP) is 2.60.